The van der Waals surface area contributed by atoms with Gasteiger partial charge in [-0.05, 0) is 78.6 Å². The van der Waals surface area contributed by atoms with Crippen molar-refractivity contribution in [3.05, 3.63) is 0 Å². The van der Waals surface area contributed by atoms with E-state index in [1.165, 1.54) is 0 Å². The largest absolute Gasteiger partial charge is 0.415 e. The first-order chi connectivity index (χ1) is 11.9. The first-order valence-electron chi connectivity index (χ1n) is 10.2. The summed E-state index contributed by atoms with van der Waals surface area (Å²) in [5, 5.41) is 0. The molecule has 0 radical (unpaired) electrons. The third-order valence-electron chi connectivity index (χ3n) is 3.70. The summed E-state index contributed by atoms with van der Waals surface area (Å²) in [6, 6.07) is 0. The maximum atomic E-state index is 6.67. The van der Waals surface area contributed by atoms with Crippen molar-refractivity contribution in [3.63, 3.8) is 0 Å². The maximum absolute atomic E-state index is 6.67. The molecular weight excluding hydrogens is 409 g/mol. The van der Waals surface area contributed by atoms with Crippen LogP contribution in [0.25, 0.3) is 0 Å². The molecule has 0 aromatic heterocycles. The van der Waals surface area contributed by atoms with Gasteiger partial charge in [0.2, 0.25) is 0 Å². The summed E-state index contributed by atoms with van der Waals surface area (Å²) in [5.74, 6) is 0. The molecule has 1 saturated heterocycles. The average Bonchev–Trinajstić information content (AvgIpc) is 2.36. The van der Waals surface area contributed by atoms with E-state index in [1.807, 2.05) is 0 Å². The fraction of sp³-hybridized carbons (Fsp3) is 1.00. The van der Waals surface area contributed by atoms with E-state index < -0.39 is 33.3 Å². The molecule has 1 rings (SSSR count). The Morgan fingerprint density at radius 1 is 0.630 bits per heavy atom. The average molecular weight is 453 g/mol. The van der Waals surface area contributed by atoms with E-state index in [1.54, 1.807) is 0 Å². The summed E-state index contributed by atoms with van der Waals surface area (Å²) >= 11 is 0. The molecule has 0 saturated carbocycles. The quantitative estimate of drug-likeness (QED) is 0.466. The molecule has 1 heterocycles. The van der Waals surface area contributed by atoms with E-state index >= 15 is 0 Å². The number of hydrogen-bond donors (Lipinski definition) is 0. The van der Waals surface area contributed by atoms with E-state index in [4.69, 9.17) is 22.4 Å². The van der Waals surface area contributed by atoms with Gasteiger partial charge in [-0.15, -0.1) is 0 Å². The third kappa shape index (κ3) is 10.9. The summed E-state index contributed by atoms with van der Waals surface area (Å²) in [5.41, 5.74) is 0. The maximum Gasteiger partial charge on any atom is 0.184 e. The Morgan fingerprint density at radius 2 is 1.07 bits per heavy atom. The minimum atomic E-state index is -1.80. The lowest BCUT2D eigenvalue weighted by Gasteiger charge is -2.48. The Labute approximate surface area is 172 Å². The number of hydrogen-bond acceptors (Lipinski definition) is 5. The molecule has 1 aliphatic rings. The highest BCUT2D eigenvalue weighted by molar-refractivity contribution is 6.71. The van der Waals surface area contributed by atoms with Gasteiger partial charge in [0.25, 0.3) is 0 Å². The van der Waals surface area contributed by atoms with Crippen LogP contribution in [0.15, 0.2) is 0 Å². The van der Waals surface area contributed by atoms with Crippen molar-refractivity contribution in [2.45, 2.75) is 103 Å². The highest BCUT2D eigenvalue weighted by Crippen LogP contribution is 2.30. The van der Waals surface area contributed by atoms with Crippen LogP contribution in [-0.2, 0) is 22.4 Å². The van der Waals surface area contributed by atoms with Crippen LogP contribution < -0.4 is 0 Å². The molecule has 0 aromatic carbocycles. The Kier molecular flexibility index (Phi) is 8.77. The summed E-state index contributed by atoms with van der Waals surface area (Å²) in [7, 11) is -6.95. The predicted octanol–water partition coefficient (Wildman–Crippen LogP) is 4.90. The van der Waals surface area contributed by atoms with Crippen molar-refractivity contribution in [2.24, 2.45) is 0 Å². The lowest BCUT2D eigenvalue weighted by molar-refractivity contribution is -0.178. The minimum absolute atomic E-state index is 0.0760. The number of rotatable bonds is 9. The van der Waals surface area contributed by atoms with Crippen LogP contribution in [-0.4, -0.2) is 70.9 Å². The zero-order chi connectivity index (χ0) is 21.3. The Balaban J connectivity index is 3.14. The van der Waals surface area contributed by atoms with E-state index in [0.717, 1.165) is 0 Å². The van der Waals surface area contributed by atoms with Crippen LogP contribution in [0.1, 0.15) is 0 Å². The van der Waals surface area contributed by atoms with Gasteiger partial charge in [-0.2, -0.15) is 0 Å². The third-order valence-corrected chi connectivity index (χ3v) is 7.70. The molecule has 27 heavy (non-hydrogen) atoms. The van der Waals surface area contributed by atoms with Crippen molar-refractivity contribution in [2.75, 3.05) is 13.2 Å². The molecule has 0 amide bonds. The molecule has 0 aliphatic carbocycles. The summed E-state index contributed by atoms with van der Waals surface area (Å²) in [4.78, 5) is 0. The van der Waals surface area contributed by atoms with Crippen molar-refractivity contribution in [3.8, 4) is 0 Å². The first-order valence-corrected chi connectivity index (χ1v) is 23.8. The van der Waals surface area contributed by atoms with Crippen LogP contribution in [0.4, 0.5) is 0 Å². The monoisotopic (exact) mass is 452 g/mol. The fourth-order valence-electron chi connectivity index (χ4n) is 2.96. The van der Waals surface area contributed by atoms with Gasteiger partial charge >= 0.3 is 0 Å². The molecule has 4 atom stereocenters. The highest BCUT2D eigenvalue weighted by atomic mass is 28.4. The molecule has 0 bridgehead atoms. The second-order valence-corrected chi connectivity index (χ2v) is 29.3. The van der Waals surface area contributed by atoms with Crippen LogP contribution in [0.5, 0.6) is 0 Å². The molecular formula is C18H44O5Si4. The predicted molar refractivity (Wildman–Crippen MR) is 124 cm³/mol. The summed E-state index contributed by atoms with van der Waals surface area (Å²) in [6.07, 6.45) is -0.423. The van der Waals surface area contributed by atoms with Crippen molar-refractivity contribution in [1.82, 2.24) is 0 Å². The number of ether oxygens (including phenoxy) is 1. The standard InChI is InChI=1S/C18H44O5Si4/c1-24(2,3)20-14-15-17(22-26(7,8)9)18(23-27(10,11)12)16(13-19-15)21-25(4,5)6/h15-18H,13-14H2,1-12H3/t15-,16+,17-,18+/m1/s1. The molecule has 0 aromatic rings. The zero-order valence-electron chi connectivity index (χ0n) is 19.8. The lowest BCUT2D eigenvalue weighted by Crippen LogP contribution is -2.63. The van der Waals surface area contributed by atoms with Crippen molar-refractivity contribution >= 4 is 33.3 Å². The van der Waals surface area contributed by atoms with E-state index in [-0.39, 0.29) is 24.4 Å². The second kappa shape index (κ2) is 9.21. The smallest absolute Gasteiger partial charge is 0.184 e. The SMILES string of the molecule is C[Si](C)(C)OC[C@H]1OC[C@H](O[Si](C)(C)C)[C@H](O[Si](C)(C)C)[C@@H]1O[Si](C)(C)C. The molecule has 1 fully saturated rings. The van der Waals surface area contributed by atoms with E-state index in [9.17, 15) is 0 Å². The van der Waals surface area contributed by atoms with Crippen LogP contribution in [0.2, 0.25) is 78.6 Å². The molecule has 9 heteroatoms. The van der Waals surface area contributed by atoms with E-state index in [2.05, 4.69) is 78.6 Å². The normalized spacial score (nSPS) is 28.4. The highest BCUT2D eigenvalue weighted by Gasteiger charge is 2.47. The van der Waals surface area contributed by atoms with Gasteiger partial charge in [0.15, 0.2) is 33.3 Å². The first kappa shape index (κ1) is 25.7. The van der Waals surface area contributed by atoms with Crippen molar-refractivity contribution in [1.29, 1.82) is 0 Å². The minimum Gasteiger partial charge on any atom is -0.415 e. The van der Waals surface area contributed by atoms with Crippen LogP contribution in [0.3, 0.4) is 0 Å². The van der Waals surface area contributed by atoms with Gasteiger partial charge in [-0.25, -0.2) is 0 Å². The van der Waals surface area contributed by atoms with Crippen LogP contribution >= 0.6 is 0 Å². The lowest BCUT2D eigenvalue weighted by atomic mass is 10.0. The molecule has 162 valence electrons. The van der Waals surface area contributed by atoms with Gasteiger partial charge in [-0.1, -0.05) is 0 Å². The molecule has 0 N–H and O–H groups in total. The Morgan fingerprint density at radius 3 is 1.48 bits per heavy atom. The molecule has 1 aliphatic heterocycles. The van der Waals surface area contributed by atoms with Gasteiger partial charge < -0.3 is 22.4 Å². The Hall–Kier alpha value is 0.668. The van der Waals surface area contributed by atoms with Gasteiger partial charge in [-0.3, -0.25) is 0 Å². The van der Waals surface area contributed by atoms with E-state index in [0.29, 0.717) is 13.2 Å². The molecule has 0 spiro atoms. The van der Waals surface area contributed by atoms with Crippen molar-refractivity contribution < 1.29 is 22.4 Å². The molecule has 5 nitrogen and oxygen atoms in total. The summed E-state index contributed by atoms with van der Waals surface area (Å²) < 4.78 is 32.3. The molecule has 0 unspecified atom stereocenters. The van der Waals surface area contributed by atoms with Gasteiger partial charge in [0.05, 0.1) is 25.4 Å². The summed E-state index contributed by atoms with van der Waals surface area (Å²) in [6.45, 7) is 27.7. The Bertz CT molecular complexity index is 462. The van der Waals surface area contributed by atoms with Gasteiger partial charge in [0, 0.05) is 0 Å². The fourth-order valence-corrected chi connectivity index (χ4v) is 6.94. The zero-order valence-corrected chi connectivity index (χ0v) is 23.8. The van der Waals surface area contributed by atoms with Crippen LogP contribution in [0, 0.1) is 0 Å². The van der Waals surface area contributed by atoms with Gasteiger partial charge in [0.1, 0.15) is 12.2 Å². The second-order valence-electron chi connectivity index (χ2n) is 11.5. The topological polar surface area (TPSA) is 46.2 Å².